The molecule has 1 N–H and O–H groups in total. The lowest BCUT2D eigenvalue weighted by Gasteiger charge is -2.23. The molecule has 0 saturated heterocycles. The summed E-state index contributed by atoms with van der Waals surface area (Å²) in [7, 11) is 0. The zero-order valence-electron chi connectivity index (χ0n) is 14.0. The predicted octanol–water partition coefficient (Wildman–Crippen LogP) is 3.62. The van der Waals surface area contributed by atoms with E-state index in [4.69, 9.17) is 21.1 Å². The molecule has 0 aliphatic heterocycles. The summed E-state index contributed by atoms with van der Waals surface area (Å²) in [5.74, 6) is 1.44. The largest absolute Gasteiger partial charge is 0.459 e. The molecule has 3 rings (SSSR count). The van der Waals surface area contributed by atoms with Crippen molar-refractivity contribution < 1.29 is 8.83 Å². The van der Waals surface area contributed by atoms with E-state index in [1.165, 1.54) is 5.56 Å². The van der Waals surface area contributed by atoms with Gasteiger partial charge in [-0.25, -0.2) is 0 Å². The molecule has 0 spiro atoms. The van der Waals surface area contributed by atoms with Crippen molar-refractivity contribution in [2.45, 2.75) is 26.4 Å². The van der Waals surface area contributed by atoms with E-state index in [0.717, 1.165) is 13.0 Å². The van der Waals surface area contributed by atoms with Crippen molar-refractivity contribution >= 4 is 17.3 Å². The van der Waals surface area contributed by atoms with E-state index in [2.05, 4.69) is 34.6 Å². The summed E-state index contributed by atoms with van der Waals surface area (Å²) in [6, 6.07) is 13.7. The fourth-order valence-corrected chi connectivity index (χ4v) is 2.62. The molecule has 0 amide bonds. The van der Waals surface area contributed by atoms with Gasteiger partial charge in [0.25, 0.3) is 5.89 Å². The van der Waals surface area contributed by atoms with Crippen molar-refractivity contribution in [3.63, 3.8) is 0 Å². The van der Waals surface area contributed by atoms with E-state index in [1.54, 1.807) is 18.4 Å². The standard InChI is InChI=1S/C18H20N4O2S/c1-2-10-22(18(25)19-12-14-7-4-3-5-8-14)13-16-20-21-17(24-16)15-9-6-11-23-15/h3-9,11H,2,10,12-13H2,1H3,(H,19,25). The molecule has 6 nitrogen and oxygen atoms in total. The molecule has 25 heavy (non-hydrogen) atoms. The Kier molecular flexibility index (Phi) is 5.79. The number of thiocarbonyl (C=S) groups is 1. The summed E-state index contributed by atoms with van der Waals surface area (Å²) >= 11 is 5.53. The van der Waals surface area contributed by atoms with E-state index in [0.29, 0.717) is 35.7 Å². The molecular weight excluding hydrogens is 336 g/mol. The Morgan fingerprint density at radius 3 is 2.72 bits per heavy atom. The predicted molar refractivity (Wildman–Crippen MR) is 98.6 cm³/mol. The molecule has 0 fully saturated rings. The lowest BCUT2D eigenvalue weighted by atomic mass is 10.2. The zero-order valence-corrected chi connectivity index (χ0v) is 14.8. The monoisotopic (exact) mass is 356 g/mol. The minimum Gasteiger partial charge on any atom is -0.459 e. The molecule has 1 aromatic carbocycles. The van der Waals surface area contributed by atoms with Gasteiger partial charge in [0.15, 0.2) is 10.9 Å². The summed E-state index contributed by atoms with van der Waals surface area (Å²) in [6.45, 7) is 4.05. The smallest absolute Gasteiger partial charge is 0.283 e. The van der Waals surface area contributed by atoms with Crippen LogP contribution in [0.5, 0.6) is 0 Å². The maximum atomic E-state index is 5.67. The minimum absolute atomic E-state index is 0.375. The van der Waals surface area contributed by atoms with Gasteiger partial charge in [0.2, 0.25) is 5.89 Å². The van der Waals surface area contributed by atoms with Crippen LogP contribution in [-0.2, 0) is 13.1 Å². The molecule has 7 heteroatoms. The highest BCUT2D eigenvalue weighted by Crippen LogP contribution is 2.18. The number of rotatable bonds is 7. The van der Waals surface area contributed by atoms with Gasteiger partial charge in [-0.3, -0.25) is 0 Å². The molecule has 0 radical (unpaired) electrons. The quantitative estimate of drug-likeness (QED) is 0.649. The number of furan rings is 1. The molecule has 130 valence electrons. The molecule has 0 atom stereocenters. The highest BCUT2D eigenvalue weighted by molar-refractivity contribution is 7.80. The van der Waals surface area contributed by atoms with Crippen molar-refractivity contribution in [3.05, 3.63) is 60.2 Å². The van der Waals surface area contributed by atoms with Crippen LogP contribution >= 0.6 is 12.2 Å². The average molecular weight is 356 g/mol. The minimum atomic E-state index is 0.375. The van der Waals surface area contributed by atoms with Crippen LogP contribution in [0.25, 0.3) is 11.7 Å². The first kappa shape index (κ1) is 17.2. The third kappa shape index (κ3) is 4.67. The Balaban J connectivity index is 1.61. The van der Waals surface area contributed by atoms with Crippen LogP contribution in [-0.4, -0.2) is 26.8 Å². The second-order valence-electron chi connectivity index (χ2n) is 5.54. The third-order valence-electron chi connectivity index (χ3n) is 3.59. The number of nitrogens with one attached hydrogen (secondary N) is 1. The molecule has 3 aromatic rings. The van der Waals surface area contributed by atoms with Gasteiger partial charge in [0.1, 0.15) is 0 Å². The fraction of sp³-hybridized carbons (Fsp3) is 0.278. The molecule has 0 unspecified atom stereocenters. The maximum Gasteiger partial charge on any atom is 0.283 e. The lowest BCUT2D eigenvalue weighted by Crippen LogP contribution is -2.39. The van der Waals surface area contributed by atoms with Crippen LogP contribution < -0.4 is 5.32 Å². The Morgan fingerprint density at radius 2 is 2.00 bits per heavy atom. The highest BCUT2D eigenvalue weighted by Gasteiger charge is 2.16. The average Bonchev–Trinajstić information content (AvgIpc) is 3.31. The van der Waals surface area contributed by atoms with Crippen LogP contribution in [0, 0.1) is 0 Å². The van der Waals surface area contributed by atoms with Crippen molar-refractivity contribution in [1.82, 2.24) is 20.4 Å². The summed E-state index contributed by atoms with van der Waals surface area (Å²) in [5, 5.41) is 12.1. The first-order chi connectivity index (χ1) is 12.3. The third-order valence-corrected chi connectivity index (χ3v) is 3.99. The van der Waals surface area contributed by atoms with Gasteiger partial charge in [-0.1, -0.05) is 37.3 Å². The van der Waals surface area contributed by atoms with Crippen LogP contribution in [0.1, 0.15) is 24.8 Å². The SMILES string of the molecule is CCCN(Cc1nnc(-c2ccco2)o1)C(=S)NCc1ccccc1. The van der Waals surface area contributed by atoms with Gasteiger partial charge in [-0.15, -0.1) is 10.2 Å². The van der Waals surface area contributed by atoms with Gasteiger partial charge in [0.05, 0.1) is 12.8 Å². The van der Waals surface area contributed by atoms with Gasteiger partial charge in [-0.05, 0) is 36.3 Å². The Bertz CT molecular complexity index is 787. The normalized spacial score (nSPS) is 10.6. The van der Waals surface area contributed by atoms with Gasteiger partial charge < -0.3 is 19.1 Å². The van der Waals surface area contributed by atoms with Crippen LogP contribution in [0.4, 0.5) is 0 Å². The van der Waals surface area contributed by atoms with Gasteiger partial charge in [0, 0.05) is 13.1 Å². The zero-order chi connectivity index (χ0) is 17.5. The van der Waals surface area contributed by atoms with Crippen molar-refractivity contribution in [2.24, 2.45) is 0 Å². The first-order valence-corrected chi connectivity index (χ1v) is 8.60. The van der Waals surface area contributed by atoms with Crippen molar-refractivity contribution in [3.8, 4) is 11.7 Å². The molecule has 2 aromatic heterocycles. The maximum absolute atomic E-state index is 5.67. The second kappa shape index (κ2) is 8.43. The molecular formula is C18H20N4O2S. The van der Waals surface area contributed by atoms with Crippen molar-refractivity contribution in [1.29, 1.82) is 0 Å². The Morgan fingerprint density at radius 1 is 1.16 bits per heavy atom. The van der Waals surface area contributed by atoms with Crippen LogP contribution in [0.15, 0.2) is 57.6 Å². The first-order valence-electron chi connectivity index (χ1n) is 8.19. The summed E-state index contributed by atoms with van der Waals surface area (Å²) < 4.78 is 10.9. The number of hydrogen-bond acceptors (Lipinski definition) is 5. The topological polar surface area (TPSA) is 67.3 Å². The molecule has 0 saturated carbocycles. The van der Waals surface area contributed by atoms with Crippen molar-refractivity contribution in [2.75, 3.05) is 6.54 Å². The van der Waals surface area contributed by atoms with E-state index in [9.17, 15) is 0 Å². The number of aromatic nitrogens is 2. The summed E-state index contributed by atoms with van der Waals surface area (Å²) in [5.41, 5.74) is 1.18. The molecule has 0 aliphatic carbocycles. The molecule has 2 heterocycles. The molecule has 0 bridgehead atoms. The lowest BCUT2D eigenvalue weighted by molar-refractivity contribution is 0.348. The Labute approximate surface area is 151 Å². The van der Waals surface area contributed by atoms with Crippen LogP contribution in [0.2, 0.25) is 0 Å². The van der Waals surface area contributed by atoms with Gasteiger partial charge in [-0.2, -0.15) is 0 Å². The summed E-state index contributed by atoms with van der Waals surface area (Å²) in [6.07, 6.45) is 2.54. The number of nitrogens with zero attached hydrogens (tertiary/aromatic N) is 3. The number of benzene rings is 1. The van der Waals surface area contributed by atoms with E-state index >= 15 is 0 Å². The highest BCUT2D eigenvalue weighted by atomic mass is 32.1. The molecule has 0 aliphatic rings. The van der Waals surface area contributed by atoms with Crippen LogP contribution in [0.3, 0.4) is 0 Å². The van der Waals surface area contributed by atoms with E-state index < -0.39 is 0 Å². The second-order valence-corrected chi connectivity index (χ2v) is 5.93. The van der Waals surface area contributed by atoms with E-state index in [1.807, 2.05) is 23.1 Å². The summed E-state index contributed by atoms with van der Waals surface area (Å²) in [4.78, 5) is 2.03. The van der Waals surface area contributed by atoms with Gasteiger partial charge >= 0.3 is 0 Å². The number of hydrogen-bond donors (Lipinski definition) is 1. The fourth-order valence-electron chi connectivity index (χ4n) is 2.39. The Hall–Kier alpha value is -2.67. The van der Waals surface area contributed by atoms with E-state index in [-0.39, 0.29) is 0 Å².